The average molecular weight is 227 g/mol. The Morgan fingerprint density at radius 1 is 1.18 bits per heavy atom. The quantitative estimate of drug-likeness (QED) is 0.819. The van der Waals surface area contributed by atoms with Crippen molar-refractivity contribution in [2.75, 3.05) is 17.7 Å². The van der Waals surface area contributed by atoms with Gasteiger partial charge in [-0.15, -0.1) is 0 Å². The van der Waals surface area contributed by atoms with Crippen molar-refractivity contribution in [3.05, 3.63) is 53.9 Å². The fourth-order valence-electron chi connectivity index (χ4n) is 1.75. The minimum atomic E-state index is 0.839. The van der Waals surface area contributed by atoms with E-state index in [2.05, 4.69) is 23.0 Å². The fourth-order valence-corrected chi connectivity index (χ4v) is 1.75. The molecule has 0 aliphatic carbocycles. The van der Waals surface area contributed by atoms with Gasteiger partial charge in [-0.3, -0.25) is 4.98 Å². The molecule has 0 saturated heterocycles. The van der Waals surface area contributed by atoms with Crippen LogP contribution in [-0.2, 0) is 6.54 Å². The summed E-state index contributed by atoms with van der Waals surface area (Å²) in [5, 5.41) is 0. The Morgan fingerprint density at radius 2 is 1.88 bits per heavy atom. The van der Waals surface area contributed by atoms with Crippen molar-refractivity contribution < 1.29 is 0 Å². The molecule has 2 N–H and O–H groups in total. The number of pyridine rings is 1. The number of aryl methyl sites for hydroxylation is 1. The molecule has 0 bridgehead atoms. The highest BCUT2D eigenvalue weighted by atomic mass is 15.1. The lowest BCUT2D eigenvalue weighted by atomic mass is 10.1. The van der Waals surface area contributed by atoms with Gasteiger partial charge >= 0.3 is 0 Å². The molecule has 0 spiro atoms. The molecule has 1 heterocycles. The summed E-state index contributed by atoms with van der Waals surface area (Å²) in [5.41, 5.74) is 10.2. The predicted octanol–water partition coefficient (Wildman–Crippen LogP) is 2.61. The number of anilines is 2. The summed E-state index contributed by atoms with van der Waals surface area (Å²) < 4.78 is 0. The smallest absolute Gasteiger partial charge is 0.0427 e. The summed E-state index contributed by atoms with van der Waals surface area (Å²) in [6, 6.07) is 10.2. The van der Waals surface area contributed by atoms with Crippen LogP contribution in [0.5, 0.6) is 0 Å². The van der Waals surface area contributed by atoms with E-state index in [-0.39, 0.29) is 0 Å². The van der Waals surface area contributed by atoms with Crippen LogP contribution in [0.25, 0.3) is 0 Å². The molecule has 3 nitrogen and oxygen atoms in total. The maximum Gasteiger partial charge on any atom is 0.0427 e. The van der Waals surface area contributed by atoms with E-state index in [0.29, 0.717) is 0 Å². The number of benzene rings is 1. The number of aromatic nitrogens is 1. The molecular weight excluding hydrogens is 210 g/mol. The first-order chi connectivity index (χ1) is 8.16. The maximum atomic E-state index is 5.81. The van der Waals surface area contributed by atoms with Crippen LogP contribution in [-0.4, -0.2) is 12.0 Å². The molecular formula is C14H17N3. The molecule has 88 valence electrons. The first-order valence-corrected chi connectivity index (χ1v) is 5.63. The van der Waals surface area contributed by atoms with Gasteiger partial charge < -0.3 is 10.6 Å². The third kappa shape index (κ3) is 2.75. The Balaban J connectivity index is 2.14. The molecule has 0 aliphatic heterocycles. The molecule has 0 amide bonds. The topological polar surface area (TPSA) is 42.2 Å². The van der Waals surface area contributed by atoms with Crippen LogP contribution in [0.2, 0.25) is 0 Å². The van der Waals surface area contributed by atoms with Crippen molar-refractivity contribution in [2.24, 2.45) is 0 Å². The van der Waals surface area contributed by atoms with E-state index >= 15 is 0 Å². The van der Waals surface area contributed by atoms with Gasteiger partial charge in [0.15, 0.2) is 0 Å². The Labute approximate surface area is 102 Å². The average Bonchev–Trinajstić information content (AvgIpc) is 2.34. The zero-order valence-electron chi connectivity index (χ0n) is 10.2. The largest absolute Gasteiger partial charge is 0.399 e. The van der Waals surface area contributed by atoms with Gasteiger partial charge in [0.05, 0.1) is 0 Å². The first-order valence-electron chi connectivity index (χ1n) is 5.63. The van der Waals surface area contributed by atoms with Crippen molar-refractivity contribution in [3.8, 4) is 0 Å². The molecule has 0 radical (unpaired) electrons. The lowest BCUT2D eigenvalue weighted by Crippen LogP contribution is -2.16. The molecule has 17 heavy (non-hydrogen) atoms. The number of nitrogens with zero attached hydrogens (tertiary/aromatic N) is 2. The highest BCUT2D eigenvalue weighted by molar-refractivity contribution is 5.57. The van der Waals surface area contributed by atoms with Crippen LogP contribution in [0.4, 0.5) is 11.4 Å². The van der Waals surface area contributed by atoms with E-state index in [0.717, 1.165) is 17.8 Å². The molecule has 1 aromatic carbocycles. The van der Waals surface area contributed by atoms with Crippen molar-refractivity contribution in [1.82, 2.24) is 4.98 Å². The summed E-state index contributed by atoms with van der Waals surface area (Å²) >= 11 is 0. The Morgan fingerprint density at radius 3 is 2.53 bits per heavy atom. The normalized spacial score (nSPS) is 10.2. The monoisotopic (exact) mass is 227 g/mol. The number of hydrogen-bond donors (Lipinski definition) is 1. The summed E-state index contributed by atoms with van der Waals surface area (Å²) in [6.07, 6.45) is 3.63. The van der Waals surface area contributed by atoms with Crippen molar-refractivity contribution in [1.29, 1.82) is 0 Å². The van der Waals surface area contributed by atoms with Gasteiger partial charge in [-0.1, -0.05) is 0 Å². The first kappa shape index (κ1) is 11.5. The lowest BCUT2D eigenvalue weighted by Gasteiger charge is -2.20. The van der Waals surface area contributed by atoms with E-state index in [1.165, 1.54) is 11.3 Å². The minimum Gasteiger partial charge on any atom is -0.399 e. The van der Waals surface area contributed by atoms with Crippen molar-refractivity contribution in [3.63, 3.8) is 0 Å². The number of rotatable bonds is 3. The second-order valence-corrected chi connectivity index (χ2v) is 4.25. The Hall–Kier alpha value is -2.03. The minimum absolute atomic E-state index is 0.839. The number of nitrogens with two attached hydrogens (primary N) is 1. The summed E-state index contributed by atoms with van der Waals surface area (Å²) in [6.45, 7) is 2.89. The van der Waals surface area contributed by atoms with Gasteiger partial charge in [0, 0.05) is 37.4 Å². The highest BCUT2D eigenvalue weighted by Crippen LogP contribution is 2.20. The number of nitrogen functional groups attached to an aromatic ring is 1. The maximum absolute atomic E-state index is 5.81. The SMILES string of the molecule is Cc1cc(N(C)Cc2ccncc2)ccc1N. The van der Waals surface area contributed by atoms with Gasteiger partial charge in [-0.25, -0.2) is 0 Å². The fraction of sp³-hybridized carbons (Fsp3) is 0.214. The van der Waals surface area contributed by atoms with Crippen LogP contribution in [0.1, 0.15) is 11.1 Å². The van der Waals surface area contributed by atoms with Crippen molar-refractivity contribution >= 4 is 11.4 Å². The highest BCUT2D eigenvalue weighted by Gasteiger charge is 2.03. The molecule has 2 aromatic rings. The van der Waals surface area contributed by atoms with E-state index in [4.69, 9.17) is 5.73 Å². The second-order valence-electron chi connectivity index (χ2n) is 4.25. The van der Waals surface area contributed by atoms with Gasteiger partial charge in [-0.2, -0.15) is 0 Å². The van der Waals surface area contributed by atoms with Crippen LogP contribution in [0.3, 0.4) is 0 Å². The third-order valence-corrected chi connectivity index (χ3v) is 2.86. The molecule has 2 rings (SSSR count). The van der Waals surface area contributed by atoms with E-state index in [9.17, 15) is 0 Å². The van der Waals surface area contributed by atoms with Crippen LogP contribution < -0.4 is 10.6 Å². The molecule has 0 aliphatic rings. The summed E-state index contributed by atoms with van der Waals surface area (Å²) in [7, 11) is 2.07. The van der Waals surface area contributed by atoms with Crippen molar-refractivity contribution in [2.45, 2.75) is 13.5 Å². The van der Waals surface area contributed by atoms with Gasteiger partial charge in [0.2, 0.25) is 0 Å². The van der Waals surface area contributed by atoms with E-state index in [1.54, 1.807) is 0 Å². The zero-order chi connectivity index (χ0) is 12.3. The summed E-state index contributed by atoms with van der Waals surface area (Å²) in [5.74, 6) is 0. The second kappa shape index (κ2) is 4.87. The van der Waals surface area contributed by atoms with Gasteiger partial charge in [0.25, 0.3) is 0 Å². The predicted molar refractivity (Wildman–Crippen MR) is 71.9 cm³/mol. The lowest BCUT2D eigenvalue weighted by molar-refractivity contribution is 0.919. The third-order valence-electron chi connectivity index (χ3n) is 2.86. The molecule has 0 fully saturated rings. The van der Waals surface area contributed by atoms with Crippen LogP contribution in [0, 0.1) is 6.92 Å². The van der Waals surface area contributed by atoms with Crippen LogP contribution in [0.15, 0.2) is 42.7 Å². The van der Waals surface area contributed by atoms with Crippen LogP contribution >= 0.6 is 0 Å². The molecule has 0 unspecified atom stereocenters. The zero-order valence-corrected chi connectivity index (χ0v) is 10.2. The molecule has 3 heteroatoms. The Bertz CT molecular complexity index is 494. The summed E-state index contributed by atoms with van der Waals surface area (Å²) in [4.78, 5) is 6.21. The standard InChI is InChI=1S/C14H17N3/c1-11-9-13(3-4-14(11)15)17(2)10-12-5-7-16-8-6-12/h3-9H,10,15H2,1-2H3. The van der Waals surface area contributed by atoms with Gasteiger partial charge in [0.1, 0.15) is 0 Å². The number of hydrogen-bond acceptors (Lipinski definition) is 3. The van der Waals surface area contributed by atoms with Gasteiger partial charge in [-0.05, 0) is 48.4 Å². The Kier molecular flexibility index (Phi) is 3.28. The molecule has 1 aromatic heterocycles. The molecule has 0 saturated carbocycles. The molecule has 0 atom stereocenters. The van der Waals surface area contributed by atoms with E-state index < -0.39 is 0 Å². The van der Waals surface area contributed by atoms with E-state index in [1.807, 2.05) is 43.6 Å².